The largest absolute Gasteiger partial charge is 0.468 e. The van der Waals surface area contributed by atoms with Crippen LogP contribution < -0.4 is 5.32 Å². The fraction of sp³-hybridized carbons (Fsp3) is 0.933. The lowest BCUT2D eigenvalue weighted by Gasteiger charge is -2.39. The molecule has 1 saturated heterocycles. The Kier molecular flexibility index (Phi) is 6.27. The molecule has 1 N–H and O–H groups in total. The number of ether oxygens (including phenoxy) is 1. The third-order valence-electron chi connectivity index (χ3n) is 4.64. The van der Waals surface area contributed by atoms with Crippen LogP contribution in [0.2, 0.25) is 0 Å². The van der Waals surface area contributed by atoms with Gasteiger partial charge in [-0.25, -0.2) is 0 Å². The topological polar surface area (TPSA) is 41.6 Å². The van der Waals surface area contributed by atoms with E-state index in [1.54, 1.807) is 0 Å². The number of likely N-dealkylation sites (N-methyl/N-ethyl adjacent to an activating group) is 1. The number of esters is 1. The lowest BCUT2D eigenvalue weighted by Crippen LogP contribution is -2.53. The van der Waals surface area contributed by atoms with E-state index in [1.807, 2.05) is 14.0 Å². The first-order chi connectivity index (χ1) is 8.96. The summed E-state index contributed by atoms with van der Waals surface area (Å²) in [6.07, 6.45) is 4.66. The van der Waals surface area contributed by atoms with E-state index in [0.717, 1.165) is 18.9 Å². The Bertz CT molecular complexity index is 296. The molecule has 1 rings (SSSR count). The van der Waals surface area contributed by atoms with Crippen molar-refractivity contribution in [1.29, 1.82) is 0 Å². The molecule has 0 aromatic carbocycles. The summed E-state index contributed by atoms with van der Waals surface area (Å²) in [4.78, 5) is 14.4. The Morgan fingerprint density at radius 1 is 1.58 bits per heavy atom. The van der Waals surface area contributed by atoms with Crippen LogP contribution in [0.25, 0.3) is 0 Å². The van der Waals surface area contributed by atoms with Gasteiger partial charge in [-0.2, -0.15) is 0 Å². The second-order valence-corrected chi connectivity index (χ2v) is 6.04. The van der Waals surface area contributed by atoms with E-state index in [1.165, 1.54) is 32.9 Å². The smallest absolute Gasteiger partial charge is 0.325 e. The van der Waals surface area contributed by atoms with Crippen molar-refractivity contribution >= 4 is 5.97 Å². The predicted molar refractivity (Wildman–Crippen MR) is 78.1 cm³/mol. The summed E-state index contributed by atoms with van der Waals surface area (Å²) in [5.41, 5.74) is -0.590. The first-order valence-electron chi connectivity index (χ1n) is 7.48. The van der Waals surface area contributed by atoms with Gasteiger partial charge in [0.1, 0.15) is 5.54 Å². The van der Waals surface area contributed by atoms with E-state index in [4.69, 9.17) is 4.74 Å². The Morgan fingerprint density at radius 2 is 2.26 bits per heavy atom. The van der Waals surface area contributed by atoms with Crippen LogP contribution in [-0.2, 0) is 9.53 Å². The average molecular weight is 270 g/mol. The van der Waals surface area contributed by atoms with Gasteiger partial charge in [0.15, 0.2) is 0 Å². The minimum Gasteiger partial charge on any atom is -0.468 e. The number of likely N-dealkylation sites (tertiary alicyclic amines) is 1. The predicted octanol–water partition coefficient (Wildman–Crippen LogP) is 2.04. The summed E-state index contributed by atoms with van der Waals surface area (Å²) < 4.78 is 4.92. The average Bonchev–Trinajstić information content (AvgIpc) is 2.46. The normalized spacial score (nSPS) is 25.6. The molecule has 0 amide bonds. The van der Waals surface area contributed by atoms with Gasteiger partial charge in [-0.05, 0) is 52.6 Å². The van der Waals surface area contributed by atoms with Gasteiger partial charge in [-0.3, -0.25) is 4.79 Å². The van der Waals surface area contributed by atoms with E-state index in [2.05, 4.69) is 24.1 Å². The summed E-state index contributed by atoms with van der Waals surface area (Å²) in [6, 6.07) is 0.394. The molecule has 19 heavy (non-hydrogen) atoms. The monoisotopic (exact) mass is 270 g/mol. The second kappa shape index (κ2) is 7.25. The van der Waals surface area contributed by atoms with Crippen molar-refractivity contribution in [3.05, 3.63) is 0 Å². The minimum absolute atomic E-state index is 0.175. The molecule has 3 atom stereocenters. The number of methoxy groups -OCH3 is 1. The Hall–Kier alpha value is -0.610. The highest BCUT2D eigenvalue weighted by Gasteiger charge is 2.36. The molecule has 4 heteroatoms. The van der Waals surface area contributed by atoms with Crippen molar-refractivity contribution in [2.45, 2.75) is 58.0 Å². The number of nitrogens with zero attached hydrogens (tertiary/aromatic N) is 1. The first kappa shape index (κ1) is 16.4. The Morgan fingerprint density at radius 3 is 2.79 bits per heavy atom. The maximum atomic E-state index is 11.9. The zero-order valence-electron chi connectivity index (χ0n) is 13.2. The molecule has 1 fully saturated rings. The van der Waals surface area contributed by atoms with Crippen molar-refractivity contribution in [3.8, 4) is 0 Å². The molecule has 0 radical (unpaired) electrons. The van der Waals surface area contributed by atoms with Gasteiger partial charge in [0.25, 0.3) is 0 Å². The van der Waals surface area contributed by atoms with Gasteiger partial charge < -0.3 is 15.0 Å². The maximum Gasteiger partial charge on any atom is 0.325 e. The van der Waals surface area contributed by atoms with Gasteiger partial charge >= 0.3 is 5.97 Å². The second-order valence-electron chi connectivity index (χ2n) is 6.04. The zero-order valence-corrected chi connectivity index (χ0v) is 13.2. The summed E-state index contributed by atoms with van der Waals surface area (Å²) in [7, 11) is 3.28. The number of hydrogen-bond acceptors (Lipinski definition) is 4. The summed E-state index contributed by atoms with van der Waals surface area (Å²) >= 11 is 0. The van der Waals surface area contributed by atoms with Crippen molar-refractivity contribution < 1.29 is 9.53 Å². The van der Waals surface area contributed by atoms with Gasteiger partial charge in [0, 0.05) is 12.6 Å². The van der Waals surface area contributed by atoms with E-state index in [9.17, 15) is 4.79 Å². The third-order valence-corrected chi connectivity index (χ3v) is 4.64. The van der Waals surface area contributed by atoms with Crippen LogP contribution in [0.15, 0.2) is 0 Å². The molecule has 0 aromatic rings. The molecule has 0 saturated carbocycles. The third kappa shape index (κ3) is 4.18. The molecule has 0 aromatic heterocycles. The quantitative estimate of drug-likeness (QED) is 0.750. The molecule has 112 valence electrons. The molecule has 1 aliphatic heterocycles. The molecular weight excluding hydrogens is 240 g/mol. The fourth-order valence-corrected chi connectivity index (χ4v) is 3.06. The number of rotatable bonds is 6. The number of nitrogens with one attached hydrogen (secondary N) is 1. The van der Waals surface area contributed by atoms with Crippen molar-refractivity contribution in [1.82, 2.24) is 10.2 Å². The van der Waals surface area contributed by atoms with E-state index >= 15 is 0 Å². The van der Waals surface area contributed by atoms with Crippen LogP contribution >= 0.6 is 0 Å². The molecule has 0 bridgehead atoms. The lowest BCUT2D eigenvalue weighted by atomic mass is 9.89. The van der Waals surface area contributed by atoms with Crippen molar-refractivity contribution in [2.75, 3.05) is 27.2 Å². The van der Waals surface area contributed by atoms with Gasteiger partial charge in [0.05, 0.1) is 7.11 Å². The molecule has 0 spiro atoms. The van der Waals surface area contributed by atoms with E-state index < -0.39 is 5.54 Å². The lowest BCUT2D eigenvalue weighted by molar-refractivity contribution is -0.148. The Balaban J connectivity index is 2.61. The Labute approximate surface area is 117 Å². The van der Waals surface area contributed by atoms with Crippen LogP contribution in [-0.4, -0.2) is 49.7 Å². The number of hydrogen-bond donors (Lipinski definition) is 1. The fourth-order valence-electron chi connectivity index (χ4n) is 3.06. The van der Waals surface area contributed by atoms with Crippen LogP contribution in [0.1, 0.15) is 46.5 Å². The van der Waals surface area contributed by atoms with Crippen LogP contribution in [0.4, 0.5) is 0 Å². The summed E-state index contributed by atoms with van der Waals surface area (Å²) in [5, 5.41) is 3.12. The summed E-state index contributed by atoms with van der Waals surface area (Å²) in [5.74, 6) is 0.640. The number of piperidine rings is 1. The maximum absolute atomic E-state index is 11.9. The molecule has 0 aliphatic carbocycles. The number of carbonyl (C=O) groups excluding carboxylic acids is 1. The highest BCUT2D eigenvalue weighted by atomic mass is 16.5. The molecule has 3 unspecified atom stereocenters. The highest BCUT2D eigenvalue weighted by molar-refractivity contribution is 5.80. The van der Waals surface area contributed by atoms with E-state index in [-0.39, 0.29) is 5.97 Å². The van der Waals surface area contributed by atoms with Crippen LogP contribution in [0.5, 0.6) is 0 Å². The van der Waals surface area contributed by atoms with Crippen molar-refractivity contribution in [3.63, 3.8) is 0 Å². The molecule has 4 nitrogen and oxygen atoms in total. The molecule has 1 heterocycles. The molecule has 1 aliphatic rings. The van der Waals surface area contributed by atoms with E-state index in [0.29, 0.717) is 6.04 Å². The minimum atomic E-state index is -0.590. The van der Waals surface area contributed by atoms with Gasteiger partial charge in [0.2, 0.25) is 0 Å². The first-order valence-corrected chi connectivity index (χ1v) is 7.48. The standard InChI is InChI=1S/C15H30N2O2/c1-6-13-8-7-9-17(11-13)12(2)10-15(3,16-4)14(18)19-5/h12-13,16H,6-11H2,1-5H3. The molecular formula is C15H30N2O2. The SMILES string of the molecule is CCC1CCCN(C(C)CC(C)(NC)C(=O)OC)C1. The van der Waals surface area contributed by atoms with Gasteiger partial charge in [-0.15, -0.1) is 0 Å². The van der Waals surface area contributed by atoms with Crippen molar-refractivity contribution in [2.24, 2.45) is 5.92 Å². The van der Waals surface area contributed by atoms with Crippen LogP contribution in [0, 0.1) is 5.92 Å². The highest BCUT2D eigenvalue weighted by Crippen LogP contribution is 2.24. The van der Waals surface area contributed by atoms with Crippen LogP contribution in [0.3, 0.4) is 0 Å². The zero-order chi connectivity index (χ0) is 14.5. The summed E-state index contributed by atoms with van der Waals surface area (Å²) in [6.45, 7) is 8.73. The number of carbonyl (C=O) groups is 1. The van der Waals surface area contributed by atoms with Gasteiger partial charge in [-0.1, -0.05) is 13.3 Å².